The van der Waals surface area contributed by atoms with Crippen LogP contribution in [0.25, 0.3) is 0 Å². The Bertz CT molecular complexity index is 397. The van der Waals surface area contributed by atoms with Crippen molar-refractivity contribution in [2.45, 2.75) is 6.08 Å². The minimum atomic E-state index is -1.92. The lowest BCUT2D eigenvalue weighted by molar-refractivity contribution is 0.0510. The fourth-order valence-electron chi connectivity index (χ4n) is 0.997. The van der Waals surface area contributed by atoms with Gasteiger partial charge in [0.2, 0.25) is 0 Å². The van der Waals surface area contributed by atoms with Gasteiger partial charge in [-0.05, 0) is 17.7 Å². The molecule has 1 aromatic carbocycles. The molecular weight excluding hydrogens is 168 g/mol. The van der Waals surface area contributed by atoms with Crippen molar-refractivity contribution in [2.75, 3.05) is 20.5 Å². The molecule has 1 fully saturated rings. The van der Waals surface area contributed by atoms with Crippen LogP contribution in [0.5, 0.6) is 5.75 Å². The normalized spacial score (nSPS) is 32.8. The van der Waals surface area contributed by atoms with E-state index in [1.807, 2.05) is 0 Å². The third kappa shape index (κ3) is 2.20. The van der Waals surface area contributed by atoms with Crippen LogP contribution in [0.15, 0.2) is 24.3 Å². The van der Waals surface area contributed by atoms with E-state index in [1.54, 1.807) is 24.3 Å². The predicted octanol–water partition coefficient (Wildman–Crippen LogP) is 1.74. The van der Waals surface area contributed by atoms with Gasteiger partial charge in [0.05, 0.1) is 10.7 Å². The first-order chi connectivity index (χ1) is 7.49. The largest absolute Gasteiger partial charge is 0.468 e. The fourth-order valence-corrected chi connectivity index (χ4v) is 0.997. The van der Waals surface area contributed by atoms with E-state index in [4.69, 9.17) is 18.3 Å². The molecule has 0 saturated carbocycles. The third-order valence-electron chi connectivity index (χ3n) is 1.64. The molecule has 3 heteroatoms. The van der Waals surface area contributed by atoms with Crippen LogP contribution in [0, 0.1) is 0 Å². The van der Waals surface area contributed by atoms with E-state index in [2.05, 4.69) is 0 Å². The summed E-state index contributed by atoms with van der Waals surface area (Å²) in [6.45, 7) is -1.81. The fraction of sp³-hybridized carbons (Fsp3) is 0.400. The highest BCUT2D eigenvalue weighted by Crippen LogP contribution is 2.31. The van der Waals surface area contributed by atoms with Crippen molar-refractivity contribution >= 4 is 0 Å². The minimum Gasteiger partial charge on any atom is -0.468 e. The Labute approximate surface area is 81.4 Å². The average molecular weight is 183 g/mol. The highest BCUT2D eigenvalue weighted by Gasteiger charge is 2.24. The van der Waals surface area contributed by atoms with Crippen LogP contribution in [-0.4, -0.2) is 20.5 Å². The second-order valence-corrected chi connectivity index (χ2v) is 2.61. The molecule has 1 aliphatic rings. The van der Waals surface area contributed by atoms with Gasteiger partial charge < -0.3 is 14.2 Å². The second-order valence-electron chi connectivity index (χ2n) is 2.61. The zero-order valence-corrected chi connectivity index (χ0v) is 7.24. The van der Waals surface area contributed by atoms with Crippen LogP contribution in [0.1, 0.15) is 15.8 Å². The second kappa shape index (κ2) is 3.77. The van der Waals surface area contributed by atoms with Gasteiger partial charge in [0, 0.05) is 7.11 Å². The summed E-state index contributed by atoms with van der Waals surface area (Å²) in [5.41, 5.74) is 0.436. The standard InChI is InChI=1S/C10H12O3/c1-11-7-13-9-4-2-3-8(5-9)10-6-12-10/h2-5,10H,6-7H2,1H3/t10-/m0/s1/i6D2,10D. The molecule has 1 atom stereocenters. The van der Waals surface area contributed by atoms with Crippen LogP contribution in [0.3, 0.4) is 0 Å². The molecule has 2 rings (SSSR count). The Hall–Kier alpha value is -1.06. The number of epoxide rings is 1. The lowest BCUT2D eigenvalue weighted by atomic mass is 10.1. The van der Waals surface area contributed by atoms with Gasteiger partial charge in [-0.3, -0.25) is 0 Å². The molecule has 70 valence electrons. The molecule has 1 aromatic rings. The van der Waals surface area contributed by atoms with Gasteiger partial charge in [-0.15, -0.1) is 0 Å². The van der Waals surface area contributed by atoms with Gasteiger partial charge >= 0.3 is 0 Å². The van der Waals surface area contributed by atoms with E-state index in [0.29, 0.717) is 11.3 Å². The van der Waals surface area contributed by atoms with Crippen LogP contribution in [0.2, 0.25) is 0 Å². The first kappa shape index (κ1) is 5.62. The van der Waals surface area contributed by atoms with E-state index in [1.165, 1.54) is 7.11 Å². The lowest BCUT2D eigenvalue weighted by Crippen LogP contribution is -1.98. The third-order valence-corrected chi connectivity index (χ3v) is 1.64. The molecule has 0 bridgehead atoms. The summed E-state index contributed by atoms with van der Waals surface area (Å²) in [6.07, 6.45) is -1.61. The van der Waals surface area contributed by atoms with Gasteiger partial charge in [0.25, 0.3) is 0 Å². The SMILES string of the molecule is [2H]C1([2H])O[C@]1([2H])c1cccc(OCOC)c1. The number of benzene rings is 1. The summed E-state index contributed by atoms with van der Waals surface area (Å²) in [5.74, 6) is 0.525. The number of rotatable bonds is 4. The van der Waals surface area contributed by atoms with Crippen molar-refractivity contribution in [3.8, 4) is 5.75 Å². The molecule has 0 aromatic heterocycles. The van der Waals surface area contributed by atoms with Crippen molar-refractivity contribution in [3.05, 3.63) is 29.8 Å². The Morgan fingerprint density at radius 2 is 2.62 bits per heavy atom. The van der Waals surface area contributed by atoms with Crippen molar-refractivity contribution in [1.29, 1.82) is 0 Å². The number of hydrogen-bond donors (Lipinski definition) is 0. The molecule has 1 heterocycles. The first-order valence-electron chi connectivity index (χ1n) is 5.42. The molecule has 0 aliphatic carbocycles. The summed E-state index contributed by atoms with van der Waals surface area (Å²) >= 11 is 0. The smallest absolute Gasteiger partial charge is 0.188 e. The monoisotopic (exact) mass is 183 g/mol. The molecule has 1 saturated heterocycles. The minimum absolute atomic E-state index is 0.113. The van der Waals surface area contributed by atoms with Crippen molar-refractivity contribution < 1.29 is 18.3 Å². The van der Waals surface area contributed by atoms with Gasteiger partial charge in [0.15, 0.2) is 6.79 Å². The van der Waals surface area contributed by atoms with Crippen LogP contribution < -0.4 is 4.74 Å². The molecule has 13 heavy (non-hydrogen) atoms. The zero-order valence-electron chi connectivity index (χ0n) is 10.2. The molecule has 0 amide bonds. The summed E-state index contributed by atoms with van der Waals surface area (Å²) in [5, 5.41) is 0. The topological polar surface area (TPSA) is 31.0 Å². The summed E-state index contributed by atoms with van der Waals surface area (Å²) in [7, 11) is 1.51. The zero-order chi connectivity index (χ0) is 11.8. The molecular formula is C10H12O3. The van der Waals surface area contributed by atoms with Crippen LogP contribution in [0.4, 0.5) is 0 Å². The first-order valence-corrected chi connectivity index (χ1v) is 3.92. The number of hydrogen-bond acceptors (Lipinski definition) is 3. The van der Waals surface area contributed by atoms with Gasteiger partial charge in [0.1, 0.15) is 11.8 Å². The highest BCUT2D eigenvalue weighted by molar-refractivity contribution is 5.31. The van der Waals surface area contributed by atoms with E-state index in [0.717, 1.165) is 0 Å². The molecule has 3 nitrogen and oxygen atoms in total. The Morgan fingerprint density at radius 1 is 1.77 bits per heavy atom. The molecule has 0 unspecified atom stereocenters. The summed E-state index contributed by atoms with van der Waals surface area (Å²) < 4.78 is 37.2. The van der Waals surface area contributed by atoms with E-state index >= 15 is 0 Å². The van der Waals surface area contributed by atoms with Gasteiger partial charge in [-0.2, -0.15) is 0 Å². The van der Waals surface area contributed by atoms with Crippen molar-refractivity contribution in [3.63, 3.8) is 0 Å². The van der Waals surface area contributed by atoms with Crippen molar-refractivity contribution in [1.82, 2.24) is 0 Å². The van der Waals surface area contributed by atoms with Crippen LogP contribution in [-0.2, 0) is 9.47 Å². The maximum Gasteiger partial charge on any atom is 0.188 e. The van der Waals surface area contributed by atoms with Crippen molar-refractivity contribution in [2.24, 2.45) is 0 Å². The molecule has 0 radical (unpaired) electrons. The summed E-state index contributed by atoms with van der Waals surface area (Å²) in [4.78, 5) is 0. The van der Waals surface area contributed by atoms with Crippen LogP contribution >= 0.6 is 0 Å². The van der Waals surface area contributed by atoms with Gasteiger partial charge in [-0.1, -0.05) is 12.1 Å². The number of ether oxygens (including phenoxy) is 3. The van der Waals surface area contributed by atoms with E-state index in [-0.39, 0.29) is 6.79 Å². The molecule has 0 N–H and O–H groups in total. The Kier molecular flexibility index (Phi) is 1.63. The Morgan fingerprint density at radius 3 is 3.31 bits per heavy atom. The predicted molar refractivity (Wildman–Crippen MR) is 47.6 cm³/mol. The van der Waals surface area contributed by atoms with Gasteiger partial charge in [-0.25, -0.2) is 0 Å². The van der Waals surface area contributed by atoms with E-state index in [9.17, 15) is 0 Å². The quantitative estimate of drug-likeness (QED) is 0.526. The molecule has 0 spiro atoms. The summed E-state index contributed by atoms with van der Waals surface area (Å²) in [6, 6.07) is 6.62. The number of methoxy groups -OCH3 is 1. The maximum atomic E-state index is 7.78. The maximum absolute atomic E-state index is 7.78. The lowest BCUT2D eigenvalue weighted by Gasteiger charge is -2.05. The molecule has 1 aliphatic heterocycles. The van der Waals surface area contributed by atoms with E-state index < -0.39 is 12.6 Å². The average Bonchev–Trinajstić information content (AvgIpc) is 2.77. The Balaban J connectivity index is 2.17. The highest BCUT2D eigenvalue weighted by atomic mass is 16.7.